The fourth-order valence-electron chi connectivity index (χ4n) is 2.78. The maximum absolute atomic E-state index is 12.7. The third-order valence-corrected chi connectivity index (χ3v) is 5.14. The molecular formula is C19H10Cl2O2S. The summed E-state index contributed by atoms with van der Waals surface area (Å²) in [5.41, 5.74) is 2.17. The molecule has 0 aliphatic heterocycles. The molecule has 0 saturated carbocycles. The summed E-state index contributed by atoms with van der Waals surface area (Å²) in [5.74, 6) is 0. The summed E-state index contributed by atoms with van der Waals surface area (Å²) in [6.45, 7) is 0. The van der Waals surface area contributed by atoms with E-state index in [-0.39, 0.29) is 0 Å². The van der Waals surface area contributed by atoms with Crippen molar-refractivity contribution in [3.8, 4) is 21.6 Å². The highest BCUT2D eigenvalue weighted by Gasteiger charge is 2.20. The molecule has 24 heavy (non-hydrogen) atoms. The van der Waals surface area contributed by atoms with E-state index in [4.69, 9.17) is 27.6 Å². The standard InChI is InChI=1S/C19H10Cl2O2S/c20-12-9-13-16(11-5-2-1-3-6-11)17(15-7-4-8-24-15)19(22)23-18(13)14(21)10-12/h1-10H. The molecule has 2 nitrogen and oxygen atoms in total. The van der Waals surface area contributed by atoms with Gasteiger partial charge in [0.1, 0.15) is 0 Å². The van der Waals surface area contributed by atoms with Crippen LogP contribution in [0, 0.1) is 0 Å². The largest absolute Gasteiger partial charge is 0.421 e. The number of hydrogen-bond acceptors (Lipinski definition) is 3. The van der Waals surface area contributed by atoms with E-state index in [1.807, 2.05) is 47.8 Å². The Bertz CT molecular complexity index is 1080. The van der Waals surface area contributed by atoms with Crippen LogP contribution in [0.3, 0.4) is 0 Å². The van der Waals surface area contributed by atoms with Gasteiger partial charge in [0.25, 0.3) is 0 Å². The van der Waals surface area contributed by atoms with Crippen molar-refractivity contribution in [1.82, 2.24) is 0 Å². The Morgan fingerprint density at radius 3 is 2.42 bits per heavy atom. The van der Waals surface area contributed by atoms with Crippen molar-refractivity contribution in [3.63, 3.8) is 0 Å². The highest BCUT2D eigenvalue weighted by Crippen LogP contribution is 2.40. The van der Waals surface area contributed by atoms with Crippen LogP contribution in [0.2, 0.25) is 10.0 Å². The van der Waals surface area contributed by atoms with Crippen molar-refractivity contribution >= 4 is 45.5 Å². The van der Waals surface area contributed by atoms with Crippen LogP contribution >= 0.6 is 34.5 Å². The second-order valence-electron chi connectivity index (χ2n) is 5.25. The van der Waals surface area contributed by atoms with E-state index in [1.165, 1.54) is 11.3 Å². The normalized spacial score (nSPS) is 11.1. The molecular weight excluding hydrogens is 363 g/mol. The third-order valence-electron chi connectivity index (χ3n) is 3.76. The van der Waals surface area contributed by atoms with Crippen molar-refractivity contribution < 1.29 is 4.42 Å². The van der Waals surface area contributed by atoms with Gasteiger partial charge >= 0.3 is 5.63 Å². The zero-order chi connectivity index (χ0) is 16.7. The maximum Gasteiger partial charge on any atom is 0.345 e. The van der Waals surface area contributed by atoms with Gasteiger partial charge in [-0.05, 0) is 29.1 Å². The van der Waals surface area contributed by atoms with Gasteiger partial charge in [0.2, 0.25) is 0 Å². The monoisotopic (exact) mass is 372 g/mol. The Balaban J connectivity index is 2.23. The fourth-order valence-corrected chi connectivity index (χ4v) is 4.08. The van der Waals surface area contributed by atoms with Crippen LogP contribution in [0.5, 0.6) is 0 Å². The number of rotatable bonds is 2. The lowest BCUT2D eigenvalue weighted by Gasteiger charge is -2.12. The van der Waals surface area contributed by atoms with Gasteiger partial charge in [0.15, 0.2) is 5.58 Å². The van der Waals surface area contributed by atoms with E-state index in [0.717, 1.165) is 21.4 Å². The van der Waals surface area contributed by atoms with Gasteiger partial charge in [-0.2, -0.15) is 0 Å². The van der Waals surface area contributed by atoms with E-state index >= 15 is 0 Å². The van der Waals surface area contributed by atoms with Crippen LogP contribution in [-0.2, 0) is 0 Å². The van der Waals surface area contributed by atoms with Crippen molar-refractivity contribution in [2.24, 2.45) is 0 Å². The Labute approximate surface area is 151 Å². The molecule has 0 unspecified atom stereocenters. The van der Waals surface area contributed by atoms with Crippen LogP contribution in [0.25, 0.3) is 32.5 Å². The smallest absolute Gasteiger partial charge is 0.345 e. The lowest BCUT2D eigenvalue weighted by Crippen LogP contribution is -2.05. The van der Waals surface area contributed by atoms with Gasteiger partial charge in [-0.15, -0.1) is 11.3 Å². The summed E-state index contributed by atoms with van der Waals surface area (Å²) in [6.07, 6.45) is 0. The minimum absolute atomic E-state index is 0.324. The molecule has 2 aromatic heterocycles. The van der Waals surface area contributed by atoms with E-state index in [0.29, 0.717) is 21.2 Å². The molecule has 0 spiro atoms. The zero-order valence-electron chi connectivity index (χ0n) is 12.3. The van der Waals surface area contributed by atoms with E-state index < -0.39 is 5.63 Å². The minimum atomic E-state index is -0.409. The van der Waals surface area contributed by atoms with Crippen molar-refractivity contribution in [2.45, 2.75) is 0 Å². The van der Waals surface area contributed by atoms with Crippen molar-refractivity contribution in [3.05, 3.63) is 80.4 Å². The minimum Gasteiger partial charge on any atom is -0.421 e. The zero-order valence-corrected chi connectivity index (χ0v) is 14.6. The predicted octanol–water partition coefficient (Wildman–Crippen LogP) is 6.50. The quantitative estimate of drug-likeness (QED) is 0.376. The van der Waals surface area contributed by atoms with Gasteiger partial charge in [0, 0.05) is 20.8 Å². The van der Waals surface area contributed by atoms with E-state index in [2.05, 4.69) is 0 Å². The first-order valence-corrected chi connectivity index (χ1v) is 8.84. The number of halogens is 2. The number of hydrogen-bond donors (Lipinski definition) is 0. The second kappa shape index (κ2) is 6.10. The van der Waals surface area contributed by atoms with E-state index in [9.17, 15) is 4.79 Å². The second-order valence-corrected chi connectivity index (χ2v) is 7.04. The average molecular weight is 373 g/mol. The molecule has 0 fully saturated rings. The SMILES string of the molecule is O=c1oc2c(Cl)cc(Cl)cc2c(-c2ccccc2)c1-c1cccs1. The third kappa shape index (κ3) is 2.55. The van der Waals surface area contributed by atoms with Crippen LogP contribution in [0.4, 0.5) is 0 Å². The molecule has 0 bridgehead atoms. The first kappa shape index (κ1) is 15.5. The summed E-state index contributed by atoms with van der Waals surface area (Å²) in [6, 6.07) is 16.9. The lowest BCUT2D eigenvalue weighted by molar-refractivity contribution is 0.564. The predicted molar refractivity (Wildman–Crippen MR) is 101 cm³/mol. The lowest BCUT2D eigenvalue weighted by atomic mass is 9.96. The number of fused-ring (bicyclic) bond motifs is 1. The first-order chi connectivity index (χ1) is 11.6. The Morgan fingerprint density at radius 1 is 0.917 bits per heavy atom. The van der Waals surface area contributed by atoms with Gasteiger partial charge in [-0.1, -0.05) is 59.6 Å². The Kier molecular flexibility index (Phi) is 3.93. The molecule has 2 aromatic carbocycles. The Hall–Kier alpha value is -2.07. The van der Waals surface area contributed by atoms with Gasteiger partial charge < -0.3 is 4.42 Å². The molecule has 0 N–H and O–H groups in total. The van der Waals surface area contributed by atoms with Gasteiger partial charge in [0.05, 0.1) is 10.6 Å². The summed E-state index contributed by atoms with van der Waals surface area (Å²) in [7, 11) is 0. The van der Waals surface area contributed by atoms with Crippen LogP contribution in [-0.4, -0.2) is 0 Å². The van der Waals surface area contributed by atoms with Crippen molar-refractivity contribution in [1.29, 1.82) is 0 Å². The number of thiophene rings is 1. The molecule has 118 valence electrons. The molecule has 0 radical (unpaired) electrons. The first-order valence-electron chi connectivity index (χ1n) is 7.20. The van der Waals surface area contributed by atoms with Crippen molar-refractivity contribution in [2.75, 3.05) is 0 Å². The molecule has 0 aliphatic rings. The topological polar surface area (TPSA) is 30.2 Å². The summed E-state index contributed by atoms with van der Waals surface area (Å²) < 4.78 is 5.53. The molecule has 0 aliphatic carbocycles. The maximum atomic E-state index is 12.7. The average Bonchev–Trinajstić information content (AvgIpc) is 3.09. The highest BCUT2D eigenvalue weighted by molar-refractivity contribution is 7.13. The van der Waals surface area contributed by atoms with E-state index in [1.54, 1.807) is 12.1 Å². The summed E-state index contributed by atoms with van der Waals surface area (Å²) in [5, 5.41) is 3.47. The van der Waals surface area contributed by atoms with Gasteiger partial charge in [-0.3, -0.25) is 0 Å². The molecule has 4 aromatic rings. The molecule has 0 atom stereocenters. The fraction of sp³-hybridized carbons (Fsp3) is 0. The summed E-state index contributed by atoms with van der Waals surface area (Å²) >= 11 is 13.9. The van der Waals surface area contributed by atoms with Gasteiger partial charge in [-0.25, -0.2) is 4.79 Å². The molecule has 4 rings (SSSR count). The molecule has 5 heteroatoms. The molecule has 2 heterocycles. The van der Waals surface area contributed by atoms with Crippen LogP contribution in [0.15, 0.2) is 69.2 Å². The highest BCUT2D eigenvalue weighted by atomic mass is 35.5. The summed E-state index contributed by atoms with van der Waals surface area (Å²) in [4.78, 5) is 13.6. The molecule has 0 saturated heterocycles. The van der Waals surface area contributed by atoms with Crippen LogP contribution in [0.1, 0.15) is 0 Å². The molecule has 0 amide bonds. The number of benzene rings is 2. The Morgan fingerprint density at radius 2 is 1.71 bits per heavy atom. The van der Waals surface area contributed by atoms with Crippen LogP contribution < -0.4 is 5.63 Å².